The molecule has 2 bridgehead atoms. The molecule has 0 radical (unpaired) electrons. The fourth-order valence-electron chi connectivity index (χ4n) is 14.5. The van der Waals surface area contributed by atoms with E-state index in [1.165, 1.54) is 109 Å². The van der Waals surface area contributed by atoms with Gasteiger partial charge in [0.15, 0.2) is 0 Å². The highest BCUT2D eigenvalue weighted by Crippen LogP contribution is 2.58. The van der Waals surface area contributed by atoms with Crippen molar-refractivity contribution in [1.82, 2.24) is 0 Å². The average molecular weight is 1050 g/mol. The van der Waals surface area contributed by atoms with Crippen molar-refractivity contribution in [2.24, 2.45) is 11.8 Å². The van der Waals surface area contributed by atoms with Gasteiger partial charge in [-0.3, -0.25) is 0 Å². The first-order valence-electron chi connectivity index (χ1n) is 29.3. The maximum absolute atomic E-state index is 2.46. The summed E-state index contributed by atoms with van der Waals surface area (Å²) in [5.41, 5.74) is 24.8. The van der Waals surface area contributed by atoms with Gasteiger partial charge in [-0.1, -0.05) is 231 Å². The van der Waals surface area contributed by atoms with Crippen molar-refractivity contribution in [2.75, 3.05) is 9.80 Å². The summed E-state index contributed by atoms with van der Waals surface area (Å²) in [5, 5.41) is 0. The maximum atomic E-state index is 2.46. The molecule has 0 spiro atoms. The van der Waals surface area contributed by atoms with Crippen molar-refractivity contribution >= 4 is 34.1 Å². The molecule has 3 aliphatic rings. The van der Waals surface area contributed by atoms with Crippen LogP contribution in [0.3, 0.4) is 0 Å². The minimum atomic E-state index is -0.515. The predicted molar refractivity (Wildman–Crippen MR) is 343 cm³/mol. The molecule has 12 aromatic rings. The zero-order valence-corrected chi connectivity index (χ0v) is 45.9. The van der Waals surface area contributed by atoms with Gasteiger partial charge >= 0.3 is 0 Å². The van der Waals surface area contributed by atoms with Gasteiger partial charge in [0.1, 0.15) is 0 Å². The Labute approximate surface area is 482 Å². The van der Waals surface area contributed by atoms with Crippen LogP contribution in [0.15, 0.2) is 309 Å². The molecule has 2 fully saturated rings. The molecule has 0 amide bonds. The molecule has 0 aromatic heterocycles. The first kappa shape index (κ1) is 49.3. The zero-order valence-electron chi connectivity index (χ0n) is 45.9. The van der Waals surface area contributed by atoms with Gasteiger partial charge in [0.2, 0.25) is 0 Å². The van der Waals surface area contributed by atoms with Gasteiger partial charge in [-0.05, 0) is 205 Å². The number of benzene rings is 12. The fraction of sp³-hybridized carbons (Fsp3) is 0.100. The van der Waals surface area contributed by atoms with Crippen LogP contribution in [-0.4, -0.2) is 0 Å². The van der Waals surface area contributed by atoms with E-state index < -0.39 is 5.41 Å². The molecule has 392 valence electrons. The third-order valence-electron chi connectivity index (χ3n) is 18.2. The van der Waals surface area contributed by atoms with Gasteiger partial charge in [0.25, 0.3) is 0 Å². The highest BCUT2D eigenvalue weighted by atomic mass is 15.1. The molecule has 0 saturated heterocycles. The van der Waals surface area contributed by atoms with E-state index in [0.717, 1.165) is 45.8 Å². The summed E-state index contributed by atoms with van der Waals surface area (Å²) in [4.78, 5) is 4.82. The Morgan fingerprint density at radius 1 is 0.268 bits per heavy atom. The minimum Gasteiger partial charge on any atom is -0.311 e. The molecule has 15 rings (SSSR count). The van der Waals surface area contributed by atoms with Gasteiger partial charge in [0, 0.05) is 34.1 Å². The highest BCUT2D eigenvalue weighted by Gasteiger charge is 2.46. The molecular weight excluding hydrogens is 989 g/mol. The first-order valence-corrected chi connectivity index (χ1v) is 29.3. The normalized spacial score (nSPS) is 16.3. The van der Waals surface area contributed by atoms with Gasteiger partial charge < -0.3 is 9.80 Å². The van der Waals surface area contributed by atoms with Crippen molar-refractivity contribution in [3.8, 4) is 55.6 Å². The topological polar surface area (TPSA) is 6.48 Å². The third-order valence-corrected chi connectivity index (χ3v) is 18.2. The molecule has 3 unspecified atom stereocenters. The second-order valence-electron chi connectivity index (χ2n) is 22.7. The maximum Gasteiger partial charge on any atom is 0.0714 e. The molecule has 2 nitrogen and oxygen atoms in total. The van der Waals surface area contributed by atoms with Crippen LogP contribution < -0.4 is 9.80 Å². The number of anilines is 6. The zero-order chi connectivity index (χ0) is 54.4. The monoisotopic (exact) mass is 1050 g/mol. The van der Waals surface area contributed by atoms with E-state index in [-0.39, 0.29) is 0 Å². The Hall–Kier alpha value is -9.76. The Morgan fingerprint density at radius 2 is 0.646 bits per heavy atom. The average Bonchev–Trinajstić information content (AvgIpc) is 3.44. The Bertz CT molecular complexity index is 4140. The second-order valence-corrected chi connectivity index (χ2v) is 22.7. The molecule has 0 heterocycles. The summed E-state index contributed by atoms with van der Waals surface area (Å²) in [7, 11) is 0. The van der Waals surface area contributed by atoms with Crippen LogP contribution in [0.1, 0.15) is 59.4 Å². The molecule has 12 aromatic carbocycles. The number of nitrogens with zero attached hydrogens (tertiary/aromatic N) is 2. The summed E-state index contributed by atoms with van der Waals surface area (Å²) in [6.45, 7) is 0. The summed E-state index contributed by atoms with van der Waals surface area (Å²) in [6.07, 6.45) is 5.58. The summed E-state index contributed by atoms with van der Waals surface area (Å²) >= 11 is 0. The summed E-state index contributed by atoms with van der Waals surface area (Å²) < 4.78 is 0. The van der Waals surface area contributed by atoms with E-state index in [2.05, 4.69) is 319 Å². The van der Waals surface area contributed by atoms with E-state index in [1.807, 2.05) is 0 Å². The molecule has 2 saturated carbocycles. The van der Waals surface area contributed by atoms with Crippen molar-refractivity contribution < 1.29 is 0 Å². The predicted octanol–water partition coefficient (Wildman–Crippen LogP) is 21.6. The number of hydrogen-bond donors (Lipinski definition) is 0. The number of fused-ring (bicyclic) bond motifs is 5. The molecule has 82 heavy (non-hydrogen) atoms. The standard InChI is InChI=1S/C80H62N2/c1-7-21-57(22-8-1)74-55-77(75(58-23-9-2-10-24-58)54-76(74)60-39-45-68(46-40-60)81(65-29-15-5-16-30-65)67-43-37-59(38-44-67)73-52-56-35-36-62(73)51-56)61-41-47-69(48-42-61)82(66-31-17-6-18-32-66)70-49-50-72-71-33-19-20-34-78(71)80(79(72)53-70,63-25-11-3-12-26-63)64-27-13-4-14-28-64/h1-34,37-50,53-56,62,73H,35-36,51-52H2. The lowest BCUT2D eigenvalue weighted by atomic mass is 9.67. The molecular formula is C80H62N2. The second kappa shape index (κ2) is 21.0. The lowest BCUT2D eigenvalue weighted by Gasteiger charge is -2.35. The third kappa shape index (κ3) is 8.66. The van der Waals surface area contributed by atoms with Gasteiger partial charge in [0.05, 0.1) is 5.41 Å². The minimum absolute atomic E-state index is 0.515. The molecule has 0 N–H and O–H groups in total. The lowest BCUT2D eigenvalue weighted by Crippen LogP contribution is -2.28. The molecule has 3 aliphatic carbocycles. The van der Waals surface area contributed by atoms with Crippen LogP contribution in [-0.2, 0) is 5.41 Å². The largest absolute Gasteiger partial charge is 0.311 e. The van der Waals surface area contributed by atoms with E-state index >= 15 is 0 Å². The van der Waals surface area contributed by atoms with Crippen molar-refractivity contribution in [1.29, 1.82) is 0 Å². The van der Waals surface area contributed by atoms with E-state index in [4.69, 9.17) is 0 Å². The first-order chi connectivity index (χ1) is 40.7. The lowest BCUT2D eigenvalue weighted by molar-refractivity contribution is 0.420. The molecule has 0 aliphatic heterocycles. The Kier molecular flexibility index (Phi) is 12.7. The van der Waals surface area contributed by atoms with Crippen molar-refractivity contribution in [3.63, 3.8) is 0 Å². The smallest absolute Gasteiger partial charge is 0.0714 e. The van der Waals surface area contributed by atoms with Crippen LogP contribution in [0.5, 0.6) is 0 Å². The quantitative estimate of drug-likeness (QED) is 0.114. The van der Waals surface area contributed by atoms with Crippen LogP contribution >= 0.6 is 0 Å². The molecule has 3 atom stereocenters. The number of rotatable bonds is 13. The van der Waals surface area contributed by atoms with Gasteiger partial charge in [-0.25, -0.2) is 0 Å². The fourth-order valence-corrected chi connectivity index (χ4v) is 14.5. The van der Waals surface area contributed by atoms with E-state index in [9.17, 15) is 0 Å². The van der Waals surface area contributed by atoms with E-state index in [0.29, 0.717) is 5.92 Å². The highest BCUT2D eigenvalue weighted by molar-refractivity contribution is 5.96. The van der Waals surface area contributed by atoms with Crippen LogP contribution in [0.25, 0.3) is 55.6 Å². The van der Waals surface area contributed by atoms with Crippen LogP contribution in [0, 0.1) is 11.8 Å². The number of para-hydroxylation sites is 2. The van der Waals surface area contributed by atoms with Crippen molar-refractivity contribution in [2.45, 2.75) is 37.0 Å². The molecule has 2 heteroatoms. The SMILES string of the molecule is c1ccc(-c2cc(-c3ccc(N(c4ccccc4)c4ccc5c(c4)C(c4ccccc4)(c4ccccc4)c4ccccc4-5)cc3)c(-c3ccccc3)cc2-c2ccc(N(c3ccccc3)c3ccc(C4CC5CCC4C5)cc3)cc2)cc1. The van der Waals surface area contributed by atoms with Gasteiger partial charge in [-0.15, -0.1) is 0 Å². The van der Waals surface area contributed by atoms with Gasteiger partial charge in [-0.2, -0.15) is 0 Å². The van der Waals surface area contributed by atoms with Crippen LogP contribution in [0.4, 0.5) is 34.1 Å². The van der Waals surface area contributed by atoms with Crippen LogP contribution in [0.2, 0.25) is 0 Å². The summed E-state index contributed by atoms with van der Waals surface area (Å²) in [6, 6.07) is 115. The summed E-state index contributed by atoms with van der Waals surface area (Å²) in [5.74, 6) is 2.48. The van der Waals surface area contributed by atoms with E-state index in [1.54, 1.807) is 0 Å². The Balaban J connectivity index is 0.832. The number of hydrogen-bond acceptors (Lipinski definition) is 2. The Morgan fingerprint density at radius 3 is 1.11 bits per heavy atom. The van der Waals surface area contributed by atoms with Crippen molar-refractivity contribution in [3.05, 3.63) is 337 Å².